The van der Waals surface area contributed by atoms with E-state index in [1.807, 2.05) is 19.9 Å². The van der Waals surface area contributed by atoms with Crippen molar-refractivity contribution in [1.29, 1.82) is 0 Å². The van der Waals surface area contributed by atoms with Crippen LogP contribution in [0.4, 0.5) is 5.95 Å². The second kappa shape index (κ2) is 5.84. The maximum absolute atomic E-state index is 11.9. The summed E-state index contributed by atoms with van der Waals surface area (Å²) in [4.78, 5) is 20.4. The standard InChI is InChI=1S/C16H22N4O/c1-10-5-11(2)20-16(19-10)18-9-15(21)17-8-14-7-12-3-4-13(14)6-12/h3-5,12-14H,6-9H2,1-2H3,(H,17,21)(H,18,19,20). The number of allylic oxidation sites excluding steroid dienone is 2. The Labute approximate surface area is 125 Å². The van der Waals surface area contributed by atoms with Gasteiger partial charge < -0.3 is 10.6 Å². The lowest BCUT2D eigenvalue weighted by atomic mass is 9.94. The Hall–Kier alpha value is -1.91. The number of anilines is 1. The Morgan fingerprint density at radius 1 is 1.24 bits per heavy atom. The summed E-state index contributed by atoms with van der Waals surface area (Å²) in [5, 5.41) is 6.01. The number of fused-ring (bicyclic) bond motifs is 2. The van der Waals surface area contributed by atoms with Crippen molar-refractivity contribution in [2.45, 2.75) is 26.7 Å². The van der Waals surface area contributed by atoms with Crippen LogP contribution < -0.4 is 10.6 Å². The average Bonchev–Trinajstić information content (AvgIpc) is 3.04. The monoisotopic (exact) mass is 286 g/mol. The lowest BCUT2D eigenvalue weighted by molar-refractivity contribution is -0.119. The molecule has 21 heavy (non-hydrogen) atoms. The van der Waals surface area contributed by atoms with Crippen LogP contribution in [0.15, 0.2) is 18.2 Å². The van der Waals surface area contributed by atoms with Gasteiger partial charge in [-0.3, -0.25) is 4.79 Å². The summed E-state index contributed by atoms with van der Waals surface area (Å²) in [5.74, 6) is 2.56. The number of nitrogens with one attached hydrogen (secondary N) is 2. The highest BCUT2D eigenvalue weighted by Gasteiger charge is 2.35. The molecule has 0 saturated heterocycles. The highest BCUT2D eigenvalue weighted by molar-refractivity contribution is 5.80. The van der Waals surface area contributed by atoms with E-state index in [1.165, 1.54) is 12.8 Å². The van der Waals surface area contributed by atoms with E-state index in [1.54, 1.807) is 0 Å². The number of aromatic nitrogens is 2. The van der Waals surface area contributed by atoms with Gasteiger partial charge in [0.05, 0.1) is 6.54 Å². The Morgan fingerprint density at radius 2 is 2.00 bits per heavy atom. The fourth-order valence-corrected chi connectivity index (χ4v) is 3.40. The number of rotatable bonds is 5. The number of hydrogen-bond donors (Lipinski definition) is 2. The van der Waals surface area contributed by atoms with E-state index in [0.29, 0.717) is 17.8 Å². The summed E-state index contributed by atoms with van der Waals surface area (Å²) in [7, 11) is 0. The molecule has 112 valence electrons. The highest BCUT2D eigenvalue weighted by atomic mass is 16.1. The van der Waals surface area contributed by atoms with Gasteiger partial charge in [-0.15, -0.1) is 0 Å². The molecule has 2 aliphatic rings. The Balaban J connectivity index is 1.43. The third-order valence-corrected chi connectivity index (χ3v) is 4.37. The van der Waals surface area contributed by atoms with Crippen LogP contribution in [0.3, 0.4) is 0 Å². The third kappa shape index (κ3) is 3.40. The maximum atomic E-state index is 11.9. The first kappa shape index (κ1) is 14.0. The summed E-state index contributed by atoms with van der Waals surface area (Å²) in [6.07, 6.45) is 7.12. The number of aryl methyl sites for hydroxylation is 2. The van der Waals surface area contributed by atoms with Gasteiger partial charge in [-0.25, -0.2) is 9.97 Å². The summed E-state index contributed by atoms with van der Waals surface area (Å²) in [5.41, 5.74) is 1.80. The van der Waals surface area contributed by atoms with Crippen LogP contribution in [-0.4, -0.2) is 29.0 Å². The SMILES string of the molecule is Cc1cc(C)nc(NCC(=O)NCC2CC3C=CC2C3)n1. The van der Waals surface area contributed by atoms with Crippen molar-refractivity contribution in [2.24, 2.45) is 17.8 Å². The number of amides is 1. The first-order chi connectivity index (χ1) is 10.1. The zero-order valence-corrected chi connectivity index (χ0v) is 12.6. The van der Waals surface area contributed by atoms with Crippen molar-refractivity contribution < 1.29 is 4.79 Å². The van der Waals surface area contributed by atoms with Crippen molar-refractivity contribution >= 4 is 11.9 Å². The number of carbonyl (C=O) groups excluding carboxylic acids is 1. The molecule has 1 aromatic heterocycles. The topological polar surface area (TPSA) is 66.9 Å². The van der Waals surface area contributed by atoms with E-state index in [4.69, 9.17) is 0 Å². The largest absolute Gasteiger partial charge is 0.354 e. The predicted molar refractivity (Wildman–Crippen MR) is 81.8 cm³/mol. The summed E-state index contributed by atoms with van der Waals surface area (Å²) < 4.78 is 0. The molecule has 1 heterocycles. The molecule has 3 rings (SSSR count). The van der Waals surface area contributed by atoms with E-state index in [9.17, 15) is 4.79 Å². The lowest BCUT2D eigenvalue weighted by Gasteiger charge is -2.18. The molecule has 3 atom stereocenters. The average molecular weight is 286 g/mol. The maximum Gasteiger partial charge on any atom is 0.239 e. The third-order valence-electron chi connectivity index (χ3n) is 4.37. The minimum Gasteiger partial charge on any atom is -0.354 e. The van der Waals surface area contributed by atoms with E-state index in [-0.39, 0.29) is 12.5 Å². The van der Waals surface area contributed by atoms with Gasteiger partial charge in [0.2, 0.25) is 11.9 Å². The zero-order chi connectivity index (χ0) is 14.8. The molecule has 0 aromatic carbocycles. The van der Waals surface area contributed by atoms with Crippen molar-refractivity contribution in [3.63, 3.8) is 0 Å². The smallest absolute Gasteiger partial charge is 0.239 e. The number of carbonyl (C=O) groups is 1. The molecule has 0 spiro atoms. The van der Waals surface area contributed by atoms with Crippen LogP contribution in [0, 0.1) is 31.6 Å². The van der Waals surface area contributed by atoms with Gasteiger partial charge in [-0.2, -0.15) is 0 Å². The van der Waals surface area contributed by atoms with E-state index < -0.39 is 0 Å². The van der Waals surface area contributed by atoms with Crippen LogP contribution in [0.2, 0.25) is 0 Å². The normalized spacial score (nSPS) is 26.1. The first-order valence-electron chi connectivity index (χ1n) is 7.61. The fourth-order valence-electron chi connectivity index (χ4n) is 3.40. The predicted octanol–water partition coefficient (Wildman–Crippen LogP) is 1.83. The molecule has 1 saturated carbocycles. The van der Waals surface area contributed by atoms with Crippen molar-refractivity contribution in [2.75, 3.05) is 18.4 Å². The van der Waals surface area contributed by atoms with Crippen molar-refractivity contribution in [3.8, 4) is 0 Å². The van der Waals surface area contributed by atoms with Crippen LogP contribution in [0.25, 0.3) is 0 Å². The van der Waals surface area contributed by atoms with Gasteiger partial charge in [-0.05, 0) is 50.5 Å². The quantitative estimate of drug-likeness (QED) is 0.810. The first-order valence-corrected chi connectivity index (χ1v) is 7.61. The highest BCUT2D eigenvalue weighted by Crippen LogP contribution is 2.42. The Morgan fingerprint density at radius 3 is 2.62 bits per heavy atom. The molecule has 5 heteroatoms. The molecular weight excluding hydrogens is 264 g/mol. The fraction of sp³-hybridized carbons (Fsp3) is 0.562. The number of nitrogens with zero attached hydrogens (tertiary/aromatic N) is 2. The summed E-state index contributed by atoms with van der Waals surface area (Å²) >= 11 is 0. The zero-order valence-electron chi connectivity index (χ0n) is 12.6. The lowest BCUT2D eigenvalue weighted by Crippen LogP contribution is -2.35. The van der Waals surface area contributed by atoms with Crippen LogP contribution in [0.1, 0.15) is 24.2 Å². The Kier molecular flexibility index (Phi) is 3.90. The van der Waals surface area contributed by atoms with Gasteiger partial charge in [0.15, 0.2) is 0 Å². The second-order valence-corrected chi connectivity index (χ2v) is 6.17. The van der Waals surface area contributed by atoms with Gasteiger partial charge in [0.25, 0.3) is 0 Å². The van der Waals surface area contributed by atoms with Gasteiger partial charge in [-0.1, -0.05) is 12.2 Å². The van der Waals surface area contributed by atoms with Gasteiger partial charge in [0, 0.05) is 17.9 Å². The van der Waals surface area contributed by atoms with E-state index >= 15 is 0 Å². The molecule has 2 aliphatic carbocycles. The molecule has 2 N–H and O–H groups in total. The second-order valence-electron chi connectivity index (χ2n) is 6.17. The van der Waals surface area contributed by atoms with Gasteiger partial charge >= 0.3 is 0 Å². The molecule has 2 bridgehead atoms. The number of hydrogen-bond acceptors (Lipinski definition) is 4. The molecule has 0 radical (unpaired) electrons. The molecule has 1 amide bonds. The minimum atomic E-state index is 0.00418. The van der Waals surface area contributed by atoms with Crippen LogP contribution >= 0.6 is 0 Å². The van der Waals surface area contributed by atoms with Crippen LogP contribution in [-0.2, 0) is 4.79 Å². The molecule has 1 aromatic rings. The van der Waals surface area contributed by atoms with E-state index in [2.05, 4.69) is 32.8 Å². The molecule has 1 fully saturated rings. The molecule has 3 unspecified atom stereocenters. The van der Waals surface area contributed by atoms with Crippen molar-refractivity contribution in [1.82, 2.24) is 15.3 Å². The molecule has 0 aliphatic heterocycles. The minimum absolute atomic E-state index is 0.00418. The van der Waals surface area contributed by atoms with Crippen LogP contribution in [0.5, 0.6) is 0 Å². The van der Waals surface area contributed by atoms with E-state index in [0.717, 1.165) is 23.9 Å². The summed E-state index contributed by atoms with van der Waals surface area (Å²) in [6, 6.07) is 1.91. The molecular formula is C16H22N4O. The molecule has 5 nitrogen and oxygen atoms in total. The van der Waals surface area contributed by atoms with Gasteiger partial charge in [0.1, 0.15) is 0 Å². The Bertz CT molecular complexity index is 549. The summed E-state index contributed by atoms with van der Waals surface area (Å²) in [6.45, 7) is 4.84. The van der Waals surface area contributed by atoms with Crippen molar-refractivity contribution in [3.05, 3.63) is 29.6 Å².